The van der Waals surface area contributed by atoms with Gasteiger partial charge in [-0.05, 0) is 24.3 Å². The second-order valence-electron chi connectivity index (χ2n) is 3.74. The zero-order chi connectivity index (χ0) is 9.68. The van der Waals surface area contributed by atoms with Crippen LogP contribution in [0.1, 0.15) is 25.8 Å². The molecule has 0 aliphatic rings. The summed E-state index contributed by atoms with van der Waals surface area (Å²) in [6.07, 6.45) is 2.16. The zero-order valence-electron chi connectivity index (χ0n) is 8.53. The fraction of sp³-hybridized carbons (Fsp3) is 0.500. The van der Waals surface area contributed by atoms with Crippen molar-refractivity contribution in [1.29, 1.82) is 0 Å². The van der Waals surface area contributed by atoms with Crippen LogP contribution in [0.2, 0.25) is 0 Å². The maximum absolute atomic E-state index is 5.96. The van der Waals surface area contributed by atoms with Crippen LogP contribution < -0.4 is 5.73 Å². The van der Waals surface area contributed by atoms with Crippen molar-refractivity contribution in [3.63, 3.8) is 0 Å². The van der Waals surface area contributed by atoms with Crippen molar-refractivity contribution in [1.82, 2.24) is 0 Å². The van der Waals surface area contributed by atoms with Crippen LogP contribution in [-0.4, -0.2) is 6.04 Å². The molecule has 13 heavy (non-hydrogen) atoms. The summed E-state index contributed by atoms with van der Waals surface area (Å²) < 4.78 is 0. The minimum absolute atomic E-state index is 0.334. The van der Waals surface area contributed by atoms with Crippen molar-refractivity contribution in [2.24, 2.45) is 11.7 Å². The zero-order valence-corrected chi connectivity index (χ0v) is 8.53. The van der Waals surface area contributed by atoms with Crippen molar-refractivity contribution in [2.75, 3.05) is 0 Å². The van der Waals surface area contributed by atoms with Gasteiger partial charge in [-0.1, -0.05) is 44.2 Å². The van der Waals surface area contributed by atoms with E-state index in [0.29, 0.717) is 12.0 Å². The van der Waals surface area contributed by atoms with E-state index in [1.807, 2.05) is 6.07 Å². The summed E-state index contributed by atoms with van der Waals surface area (Å²) >= 11 is 0. The van der Waals surface area contributed by atoms with E-state index >= 15 is 0 Å². The Kier molecular flexibility index (Phi) is 3.97. The molecule has 0 saturated heterocycles. The number of nitrogens with two attached hydrogens (primary N) is 1. The van der Waals surface area contributed by atoms with Gasteiger partial charge in [0.05, 0.1) is 0 Å². The standard InChI is InChI=1S/C12H19N/c1-3-12(13)10(2)9-11-7-5-4-6-8-11/h4-8,10,12H,3,9,13H2,1-2H3. The first kappa shape index (κ1) is 10.3. The maximum atomic E-state index is 5.96. The topological polar surface area (TPSA) is 26.0 Å². The van der Waals surface area contributed by atoms with Gasteiger partial charge in [0.2, 0.25) is 0 Å². The Morgan fingerprint density at radius 1 is 1.23 bits per heavy atom. The first-order valence-electron chi connectivity index (χ1n) is 5.03. The third-order valence-corrected chi connectivity index (χ3v) is 2.60. The summed E-state index contributed by atoms with van der Waals surface area (Å²) in [5.41, 5.74) is 7.35. The summed E-state index contributed by atoms with van der Waals surface area (Å²) in [5, 5.41) is 0. The van der Waals surface area contributed by atoms with Gasteiger partial charge < -0.3 is 5.73 Å². The minimum Gasteiger partial charge on any atom is -0.327 e. The van der Waals surface area contributed by atoms with Crippen molar-refractivity contribution in [3.05, 3.63) is 35.9 Å². The Labute approximate surface area is 81.0 Å². The van der Waals surface area contributed by atoms with Crippen LogP contribution in [0.5, 0.6) is 0 Å². The number of hydrogen-bond donors (Lipinski definition) is 1. The van der Waals surface area contributed by atoms with Crippen LogP contribution >= 0.6 is 0 Å². The largest absolute Gasteiger partial charge is 0.327 e. The average molecular weight is 177 g/mol. The third-order valence-electron chi connectivity index (χ3n) is 2.60. The Bertz CT molecular complexity index is 230. The Morgan fingerprint density at radius 3 is 2.38 bits per heavy atom. The molecule has 2 unspecified atom stereocenters. The lowest BCUT2D eigenvalue weighted by Gasteiger charge is -2.17. The molecule has 0 amide bonds. The molecule has 1 nitrogen and oxygen atoms in total. The van der Waals surface area contributed by atoms with E-state index in [-0.39, 0.29) is 0 Å². The quantitative estimate of drug-likeness (QED) is 0.751. The monoisotopic (exact) mass is 177 g/mol. The Morgan fingerprint density at radius 2 is 1.85 bits per heavy atom. The molecule has 0 aliphatic carbocycles. The van der Waals surface area contributed by atoms with Crippen LogP contribution in [0.4, 0.5) is 0 Å². The predicted octanol–water partition coefficient (Wildman–Crippen LogP) is 2.60. The number of hydrogen-bond acceptors (Lipinski definition) is 1. The highest BCUT2D eigenvalue weighted by atomic mass is 14.6. The molecule has 72 valence electrons. The third kappa shape index (κ3) is 3.19. The molecule has 1 aromatic rings. The lowest BCUT2D eigenvalue weighted by Crippen LogP contribution is -2.28. The lowest BCUT2D eigenvalue weighted by molar-refractivity contribution is 0.442. The van der Waals surface area contributed by atoms with Gasteiger partial charge in [0.1, 0.15) is 0 Å². The molecule has 0 aromatic heterocycles. The molecule has 0 spiro atoms. The molecule has 2 N–H and O–H groups in total. The van der Waals surface area contributed by atoms with Crippen molar-refractivity contribution in [3.8, 4) is 0 Å². The molecule has 2 atom stereocenters. The van der Waals surface area contributed by atoms with Gasteiger partial charge in [0.25, 0.3) is 0 Å². The molecule has 0 fully saturated rings. The summed E-state index contributed by atoms with van der Waals surface area (Å²) in [4.78, 5) is 0. The first-order valence-corrected chi connectivity index (χ1v) is 5.03. The van der Waals surface area contributed by atoms with Crippen LogP contribution in [-0.2, 0) is 6.42 Å². The van der Waals surface area contributed by atoms with Crippen molar-refractivity contribution < 1.29 is 0 Å². The van der Waals surface area contributed by atoms with E-state index in [9.17, 15) is 0 Å². The molecule has 1 heteroatoms. The highest BCUT2D eigenvalue weighted by Crippen LogP contribution is 2.12. The van der Waals surface area contributed by atoms with Gasteiger partial charge in [-0.25, -0.2) is 0 Å². The summed E-state index contributed by atoms with van der Waals surface area (Å²) in [5.74, 6) is 0.576. The fourth-order valence-electron chi connectivity index (χ4n) is 1.54. The van der Waals surface area contributed by atoms with E-state index in [1.54, 1.807) is 0 Å². The highest BCUT2D eigenvalue weighted by molar-refractivity contribution is 5.15. The van der Waals surface area contributed by atoms with Gasteiger partial charge in [0, 0.05) is 6.04 Å². The molecule has 0 bridgehead atoms. The first-order chi connectivity index (χ1) is 6.24. The van der Waals surface area contributed by atoms with Gasteiger partial charge >= 0.3 is 0 Å². The van der Waals surface area contributed by atoms with Crippen LogP contribution in [0, 0.1) is 5.92 Å². The molecule has 1 aromatic carbocycles. The molecule has 0 radical (unpaired) electrons. The van der Waals surface area contributed by atoms with E-state index in [1.165, 1.54) is 5.56 Å². The fourth-order valence-corrected chi connectivity index (χ4v) is 1.54. The molecular formula is C12H19N. The van der Waals surface area contributed by atoms with E-state index in [0.717, 1.165) is 12.8 Å². The van der Waals surface area contributed by atoms with Gasteiger partial charge in [-0.3, -0.25) is 0 Å². The maximum Gasteiger partial charge on any atom is 0.00650 e. The molecular weight excluding hydrogens is 158 g/mol. The number of benzene rings is 1. The summed E-state index contributed by atoms with van der Waals surface area (Å²) in [6.45, 7) is 4.37. The van der Waals surface area contributed by atoms with Crippen molar-refractivity contribution in [2.45, 2.75) is 32.7 Å². The summed E-state index contributed by atoms with van der Waals surface area (Å²) in [7, 11) is 0. The molecule has 0 aliphatic heterocycles. The van der Waals surface area contributed by atoms with Crippen LogP contribution in [0.3, 0.4) is 0 Å². The second kappa shape index (κ2) is 5.03. The minimum atomic E-state index is 0.334. The Hall–Kier alpha value is -0.820. The Balaban J connectivity index is 2.50. The molecule has 1 rings (SSSR count). The van der Waals surface area contributed by atoms with Crippen LogP contribution in [0.25, 0.3) is 0 Å². The second-order valence-corrected chi connectivity index (χ2v) is 3.74. The van der Waals surface area contributed by atoms with Gasteiger partial charge in [-0.15, -0.1) is 0 Å². The van der Waals surface area contributed by atoms with E-state index in [2.05, 4.69) is 38.1 Å². The van der Waals surface area contributed by atoms with E-state index in [4.69, 9.17) is 5.73 Å². The smallest absolute Gasteiger partial charge is 0.00650 e. The normalized spacial score (nSPS) is 15.3. The molecule has 0 heterocycles. The SMILES string of the molecule is CCC(N)C(C)Cc1ccccc1. The average Bonchev–Trinajstić information content (AvgIpc) is 2.18. The predicted molar refractivity (Wildman–Crippen MR) is 57.6 cm³/mol. The van der Waals surface area contributed by atoms with Gasteiger partial charge in [-0.2, -0.15) is 0 Å². The van der Waals surface area contributed by atoms with Crippen LogP contribution in [0.15, 0.2) is 30.3 Å². The highest BCUT2D eigenvalue weighted by Gasteiger charge is 2.10. The van der Waals surface area contributed by atoms with E-state index < -0.39 is 0 Å². The molecule has 0 saturated carbocycles. The lowest BCUT2D eigenvalue weighted by atomic mass is 9.93. The van der Waals surface area contributed by atoms with Crippen molar-refractivity contribution >= 4 is 0 Å². The van der Waals surface area contributed by atoms with Gasteiger partial charge in [0.15, 0.2) is 0 Å². The summed E-state index contributed by atoms with van der Waals surface area (Å²) in [6, 6.07) is 10.9. The number of rotatable bonds is 4.